The molecule has 3 rings (SSSR count). The molecular weight excluding hydrogens is 557 g/mol. The largest absolute Gasteiger partial charge is 0.493 e. The van der Waals surface area contributed by atoms with Crippen molar-refractivity contribution in [2.24, 2.45) is 0 Å². The van der Waals surface area contributed by atoms with Gasteiger partial charge in [0.05, 0.1) is 28.4 Å². The third-order valence-corrected chi connectivity index (χ3v) is 9.17. The maximum Gasteiger partial charge on any atom is 0.305 e. The van der Waals surface area contributed by atoms with Crippen molar-refractivity contribution < 1.29 is 24.9 Å². The summed E-state index contributed by atoms with van der Waals surface area (Å²) in [5.74, 6) is -1.87. The van der Waals surface area contributed by atoms with Crippen LogP contribution >= 0.6 is 58.8 Å². The van der Waals surface area contributed by atoms with Crippen molar-refractivity contribution in [3.8, 4) is 5.88 Å². The number of hydrogen-bond acceptors (Lipinski definition) is 9. The topological polar surface area (TPSA) is 103 Å². The number of allylic oxidation sites excluding steroid dienone is 4. The van der Waals surface area contributed by atoms with Crippen LogP contribution in [0.25, 0.3) is 6.08 Å². The molecule has 190 valence electrons. The van der Waals surface area contributed by atoms with Gasteiger partial charge in [-0.1, -0.05) is 23.9 Å². The molecule has 0 radical (unpaired) electrons. The molecule has 0 fully saturated rings. The Hall–Kier alpha value is -2.34. The number of thioether (sulfide) groups is 3. The molecule has 12 heteroatoms. The monoisotopic (exact) mass is 580 g/mol. The van der Waals surface area contributed by atoms with E-state index in [0.717, 1.165) is 20.5 Å². The first-order valence-electron chi connectivity index (χ1n) is 10.6. The summed E-state index contributed by atoms with van der Waals surface area (Å²) >= 11 is 11.4. The molecule has 0 atom stereocenters. The minimum absolute atomic E-state index is 0.0319. The van der Waals surface area contributed by atoms with Gasteiger partial charge < -0.3 is 20.2 Å². The number of rotatable bonds is 11. The first-order chi connectivity index (χ1) is 17.2. The fourth-order valence-electron chi connectivity index (χ4n) is 3.28. The molecule has 0 unspecified atom stereocenters. The van der Waals surface area contributed by atoms with Crippen LogP contribution in [0.1, 0.15) is 17.7 Å². The predicted molar refractivity (Wildman–Crippen MR) is 152 cm³/mol. The number of fused-ring (bicyclic) bond motifs is 1. The number of aliphatic carboxylic acids is 2. The SMILES string of the molecule is CSc1cc2c(cc1SC)N(CCC(=O)O)C(=CC=CC=C=Cc1sc(=S)n(CCC(=O)O)c1O)S2. The molecule has 0 saturated heterocycles. The molecule has 0 saturated carbocycles. The fraction of sp³-hybridized carbons (Fsp3) is 0.250. The van der Waals surface area contributed by atoms with Crippen molar-refractivity contribution in [3.63, 3.8) is 0 Å². The van der Waals surface area contributed by atoms with Gasteiger partial charge in [-0.05, 0) is 49.0 Å². The number of thiazole rings is 1. The summed E-state index contributed by atoms with van der Waals surface area (Å²) in [5.41, 5.74) is 3.99. The van der Waals surface area contributed by atoms with Crippen LogP contribution in [0.5, 0.6) is 5.88 Å². The summed E-state index contributed by atoms with van der Waals surface area (Å²) in [7, 11) is 0. The molecule has 7 nitrogen and oxygen atoms in total. The Balaban J connectivity index is 1.78. The van der Waals surface area contributed by atoms with Crippen LogP contribution < -0.4 is 4.90 Å². The van der Waals surface area contributed by atoms with Crippen LogP contribution in [-0.4, -0.2) is 50.9 Å². The number of carbonyl (C=O) groups is 2. The van der Waals surface area contributed by atoms with Crippen molar-refractivity contribution in [2.75, 3.05) is 24.0 Å². The molecule has 1 aromatic heterocycles. The fourth-order valence-corrected chi connectivity index (χ4v) is 7.21. The van der Waals surface area contributed by atoms with Gasteiger partial charge >= 0.3 is 11.9 Å². The van der Waals surface area contributed by atoms with Crippen LogP contribution in [-0.2, 0) is 16.1 Å². The van der Waals surface area contributed by atoms with E-state index in [2.05, 4.69) is 17.9 Å². The number of carboxylic acids is 2. The second kappa shape index (κ2) is 13.3. The third kappa shape index (κ3) is 7.12. The van der Waals surface area contributed by atoms with E-state index < -0.39 is 11.9 Å². The molecule has 1 aliphatic heterocycles. The van der Waals surface area contributed by atoms with Crippen LogP contribution in [0.2, 0.25) is 0 Å². The van der Waals surface area contributed by atoms with E-state index >= 15 is 0 Å². The Morgan fingerprint density at radius 1 is 1.08 bits per heavy atom. The number of aromatic nitrogens is 1. The van der Waals surface area contributed by atoms with E-state index in [-0.39, 0.29) is 25.3 Å². The first-order valence-corrected chi connectivity index (χ1v) is 15.1. The van der Waals surface area contributed by atoms with Gasteiger partial charge in [-0.15, -0.1) is 40.6 Å². The zero-order valence-electron chi connectivity index (χ0n) is 19.5. The average Bonchev–Trinajstić information content (AvgIpc) is 3.32. The molecule has 0 spiro atoms. The van der Waals surface area contributed by atoms with Crippen molar-refractivity contribution in [2.45, 2.75) is 34.1 Å². The van der Waals surface area contributed by atoms with Crippen molar-refractivity contribution in [1.82, 2.24) is 4.57 Å². The van der Waals surface area contributed by atoms with Crippen molar-refractivity contribution >= 4 is 82.5 Å². The summed E-state index contributed by atoms with van der Waals surface area (Å²) in [4.78, 5) is 28.0. The normalized spacial score (nSPS) is 13.7. The molecule has 1 aromatic carbocycles. The number of carboxylic acid groups (broad SMARTS) is 2. The Morgan fingerprint density at radius 2 is 1.75 bits per heavy atom. The highest BCUT2D eigenvalue weighted by molar-refractivity contribution is 8.04. The third-order valence-electron chi connectivity index (χ3n) is 4.99. The quantitative estimate of drug-likeness (QED) is 0.117. The highest BCUT2D eigenvalue weighted by atomic mass is 32.2. The Bertz CT molecular complexity index is 1340. The van der Waals surface area contributed by atoms with Crippen molar-refractivity contribution in [1.29, 1.82) is 0 Å². The van der Waals surface area contributed by atoms with Gasteiger partial charge in [0.25, 0.3) is 0 Å². The number of anilines is 1. The lowest BCUT2D eigenvalue weighted by atomic mass is 10.2. The minimum Gasteiger partial charge on any atom is -0.493 e. The molecule has 2 heterocycles. The van der Waals surface area contributed by atoms with Gasteiger partial charge in [0.1, 0.15) is 0 Å². The maximum absolute atomic E-state index is 11.2. The van der Waals surface area contributed by atoms with Gasteiger partial charge in [0.15, 0.2) is 3.95 Å². The molecule has 0 bridgehead atoms. The molecular formula is C24H24N2O5S5. The molecule has 36 heavy (non-hydrogen) atoms. The average molecular weight is 581 g/mol. The lowest BCUT2D eigenvalue weighted by Crippen LogP contribution is -2.21. The Kier molecular flexibility index (Phi) is 10.4. The van der Waals surface area contributed by atoms with Gasteiger partial charge in [0, 0.05) is 33.9 Å². The number of benzene rings is 1. The van der Waals surface area contributed by atoms with Crippen LogP contribution in [0.3, 0.4) is 0 Å². The van der Waals surface area contributed by atoms with Crippen LogP contribution in [0.15, 0.2) is 61.9 Å². The van der Waals surface area contributed by atoms with E-state index in [0.29, 0.717) is 15.4 Å². The molecule has 0 aliphatic carbocycles. The lowest BCUT2D eigenvalue weighted by molar-refractivity contribution is -0.138. The Morgan fingerprint density at radius 3 is 2.42 bits per heavy atom. The standard InChI is InChI=1S/C24H24N2O5S5/c1-33-18-13-15-17(14-19(18)34-2)35-20(25(15)11-9-21(27)28)8-6-4-3-5-7-16-23(31)26(24(32)36-16)12-10-22(29)30/h3-4,6-8,13-14,31H,9-12H2,1-2H3,(H,27,28)(H,29,30). The summed E-state index contributed by atoms with van der Waals surface area (Å²) in [6, 6.07) is 4.28. The second-order valence-corrected chi connectivity index (χ2v) is 11.7. The summed E-state index contributed by atoms with van der Waals surface area (Å²) in [5, 5.41) is 29.3. The number of hydrogen-bond donors (Lipinski definition) is 3. The van der Waals surface area contributed by atoms with E-state index in [1.54, 1.807) is 53.5 Å². The van der Waals surface area contributed by atoms with E-state index in [1.165, 1.54) is 20.8 Å². The minimum atomic E-state index is -0.960. The van der Waals surface area contributed by atoms with Gasteiger partial charge in [0.2, 0.25) is 5.88 Å². The van der Waals surface area contributed by atoms with E-state index in [4.69, 9.17) is 17.3 Å². The molecule has 1 aliphatic rings. The maximum atomic E-state index is 11.2. The first kappa shape index (κ1) is 28.2. The van der Waals surface area contributed by atoms with E-state index in [9.17, 15) is 19.8 Å². The van der Waals surface area contributed by atoms with Gasteiger partial charge in [-0.2, -0.15) is 0 Å². The van der Waals surface area contributed by atoms with Gasteiger partial charge in [-0.25, -0.2) is 0 Å². The summed E-state index contributed by atoms with van der Waals surface area (Å²) in [6.07, 6.45) is 12.8. The number of nitrogens with zero attached hydrogens (tertiary/aromatic N) is 2. The summed E-state index contributed by atoms with van der Waals surface area (Å²) in [6.45, 7) is 0.483. The van der Waals surface area contributed by atoms with Crippen LogP contribution in [0.4, 0.5) is 5.69 Å². The zero-order chi connectivity index (χ0) is 26.2. The Labute approximate surface area is 230 Å². The highest BCUT2D eigenvalue weighted by Crippen LogP contribution is 2.49. The highest BCUT2D eigenvalue weighted by Gasteiger charge is 2.26. The second-order valence-electron chi connectivity index (χ2n) is 7.29. The smallest absolute Gasteiger partial charge is 0.305 e. The van der Waals surface area contributed by atoms with Crippen LogP contribution in [0, 0.1) is 3.95 Å². The lowest BCUT2D eigenvalue weighted by Gasteiger charge is -2.20. The predicted octanol–water partition coefficient (Wildman–Crippen LogP) is 6.56. The van der Waals surface area contributed by atoms with Gasteiger partial charge in [-0.3, -0.25) is 14.2 Å². The zero-order valence-corrected chi connectivity index (χ0v) is 23.5. The summed E-state index contributed by atoms with van der Waals surface area (Å²) < 4.78 is 1.80. The molecule has 0 amide bonds. The van der Waals surface area contributed by atoms with E-state index in [1.807, 2.05) is 29.6 Å². The molecule has 3 N–H and O–H groups in total. The molecule has 2 aromatic rings. The van der Waals surface area contributed by atoms with Crippen molar-refractivity contribution in [3.05, 3.63) is 56.0 Å². The number of aromatic hydroxyl groups is 1.